The fourth-order valence-electron chi connectivity index (χ4n) is 0.873. The molecule has 0 heterocycles. The van der Waals surface area contributed by atoms with Gasteiger partial charge < -0.3 is 0 Å². The molecule has 72 valence electrons. The van der Waals surface area contributed by atoms with E-state index in [0.29, 0.717) is 5.75 Å². The van der Waals surface area contributed by atoms with Crippen molar-refractivity contribution < 1.29 is 15.1 Å². The van der Waals surface area contributed by atoms with E-state index in [1.54, 1.807) is 0 Å². The Kier molecular flexibility index (Phi) is 2.26. The molecule has 0 spiro atoms. The summed E-state index contributed by atoms with van der Waals surface area (Å²) in [5.74, 6) is 0.545. The monoisotopic (exact) mass is 249 g/mol. The van der Waals surface area contributed by atoms with Crippen molar-refractivity contribution in [2.75, 3.05) is 7.11 Å². The number of benzene rings is 1. The summed E-state index contributed by atoms with van der Waals surface area (Å²) < 4.78 is 42.8. The van der Waals surface area contributed by atoms with Crippen LogP contribution in [0.4, 0.5) is 0 Å². The molecule has 1 aromatic carbocycles. The van der Waals surface area contributed by atoms with Crippen LogP contribution in [-0.4, -0.2) is 19.8 Å². The van der Waals surface area contributed by atoms with Gasteiger partial charge in [0.05, 0.1) is 0 Å². The number of hydrogen-bond acceptors (Lipinski definition) is 3. The first-order valence-electron chi connectivity index (χ1n) is 4.68. The second-order valence-corrected chi connectivity index (χ2v) is 6.34. The first kappa shape index (κ1) is 7.53. The average molecular weight is 248 g/mol. The molecular formula is C9H12O3Se. The Labute approximate surface area is 82.2 Å². The van der Waals surface area contributed by atoms with E-state index in [4.69, 9.17) is 7.48 Å². The zero-order chi connectivity index (χ0) is 11.7. The van der Waals surface area contributed by atoms with E-state index < -0.39 is 18.0 Å². The van der Waals surface area contributed by atoms with Crippen LogP contribution < -0.4 is 9.20 Å². The van der Waals surface area contributed by atoms with Crippen LogP contribution >= 0.6 is 0 Å². The Morgan fingerprint density at radius 2 is 1.92 bits per heavy atom. The number of methoxy groups -OCH3 is 1. The number of ether oxygens (including phenoxy) is 1. The van der Waals surface area contributed by atoms with Crippen molar-refractivity contribution in [3.8, 4) is 5.75 Å². The molecule has 0 aliphatic rings. The quantitative estimate of drug-likeness (QED) is 0.596. The molecule has 0 atom stereocenters. The normalized spacial score (nSPS) is 14.6. The predicted molar refractivity (Wildman–Crippen MR) is 50.2 cm³/mol. The van der Waals surface area contributed by atoms with Crippen molar-refractivity contribution in [3.63, 3.8) is 0 Å². The van der Waals surface area contributed by atoms with Crippen LogP contribution in [0, 0.1) is 0 Å². The zero-order valence-electron chi connectivity index (χ0n) is 9.44. The summed E-state index contributed by atoms with van der Waals surface area (Å²) in [7, 11) is 1.48. The molecule has 0 fully saturated rings. The SMILES string of the molecule is [1H][13C]([1H])(C)[Se](=O)(=O)c1ccc(OC)cc1. The van der Waals surface area contributed by atoms with Gasteiger partial charge in [0.1, 0.15) is 0 Å². The van der Waals surface area contributed by atoms with Gasteiger partial charge in [0.25, 0.3) is 0 Å². The van der Waals surface area contributed by atoms with E-state index in [2.05, 4.69) is 0 Å². The minimum atomic E-state index is -4.73. The summed E-state index contributed by atoms with van der Waals surface area (Å²) in [5, 5.41) is -2.20. The van der Waals surface area contributed by atoms with Gasteiger partial charge in [-0.3, -0.25) is 0 Å². The van der Waals surface area contributed by atoms with E-state index in [9.17, 15) is 7.67 Å². The van der Waals surface area contributed by atoms with Gasteiger partial charge in [-0.05, 0) is 0 Å². The Morgan fingerprint density at radius 3 is 2.31 bits per heavy atom. The number of rotatable bonds is 3. The fraction of sp³-hybridized carbons (Fsp3) is 0.333. The van der Waals surface area contributed by atoms with Crippen molar-refractivity contribution in [1.29, 1.82) is 0 Å². The third-order valence-electron chi connectivity index (χ3n) is 1.64. The summed E-state index contributed by atoms with van der Waals surface area (Å²) >= 11 is -4.73. The number of hydrogen-bond donors (Lipinski definition) is 0. The topological polar surface area (TPSA) is 43.4 Å². The Hall–Kier alpha value is -0.861. The van der Waals surface area contributed by atoms with Crippen LogP contribution in [0.2, 0.25) is 5.27 Å². The first-order chi connectivity index (χ1) is 6.79. The molecule has 0 amide bonds. The van der Waals surface area contributed by atoms with Crippen molar-refractivity contribution >= 4 is 17.2 Å². The molecule has 1 rings (SSSR count). The van der Waals surface area contributed by atoms with Gasteiger partial charge in [-0.2, -0.15) is 0 Å². The molecule has 13 heavy (non-hydrogen) atoms. The van der Waals surface area contributed by atoms with Crippen molar-refractivity contribution in [2.24, 2.45) is 0 Å². The van der Waals surface area contributed by atoms with Gasteiger partial charge in [0.2, 0.25) is 0 Å². The predicted octanol–water partition coefficient (Wildman–Crippen LogP) is 1.23. The summed E-state index contributed by atoms with van der Waals surface area (Å²) in [6.07, 6.45) is 0. The molecular weight excluding hydrogens is 236 g/mol. The Balaban J connectivity index is 3.18. The average Bonchev–Trinajstić information content (AvgIpc) is 2.16. The molecule has 0 bridgehead atoms. The molecule has 0 unspecified atom stereocenters. The second kappa shape index (κ2) is 3.90. The van der Waals surface area contributed by atoms with Gasteiger partial charge >= 0.3 is 81.6 Å². The third-order valence-corrected chi connectivity index (χ3v) is 4.64. The van der Waals surface area contributed by atoms with E-state index in [1.165, 1.54) is 31.4 Å². The van der Waals surface area contributed by atoms with Crippen molar-refractivity contribution in [1.82, 2.24) is 0 Å². The van der Waals surface area contributed by atoms with Crippen LogP contribution in [0.1, 0.15) is 9.67 Å². The van der Waals surface area contributed by atoms with E-state index in [1.807, 2.05) is 0 Å². The maximum absolute atomic E-state index is 11.7. The van der Waals surface area contributed by atoms with Gasteiger partial charge in [-0.15, -0.1) is 0 Å². The molecule has 0 aliphatic carbocycles. The van der Waals surface area contributed by atoms with Gasteiger partial charge in [0.15, 0.2) is 0 Å². The molecule has 0 saturated carbocycles. The Bertz CT molecular complexity index is 431. The van der Waals surface area contributed by atoms with E-state index in [-0.39, 0.29) is 4.46 Å². The standard InChI is InChI=1S/C9H12O3Se/c1-3-13(10,11)9-6-4-8(12-2)5-7-9/h4-7H,3H2,1-2H3/i3+1H2. The minimum absolute atomic E-state index is 0.0274. The third kappa shape index (κ3) is 2.29. The van der Waals surface area contributed by atoms with Gasteiger partial charge in [-0.1, -0.05) is 0 Å². The van der Waals surface area contributed by atoms with Gasteiger partial charge in [-0.25, -0.2) is 0 Å². The molecule has 0 aliphatic heterocycles. The van der Waals surface area contributed by atoms with E-state index in [0.717, 1.165) is 6.92 Å². The van der Waals surface area contributed by atoms with Gasteiger partial charge in [0, 0.05) is 0 Å². The first-order valence-corrected chi connectivity index (χ1v) is 6.79. The van der Waals surface area contributed by atoms with Crippen LogP contribution in [-0.2, 0) is 7.67 Å². The summed E-state index contributed by atoms with van der Waals surface area (Å²) in [5.41, 5.74) is 0. The second-order valence-electron chi connectivity index (χ2n) is 2.38. The van der Waals surface area contributed by atoms with Crippen LogP contribution in [0.3, 0.4) is 0 Å². The molecule has 1 aromatic rings. The van der Waals surface area contributed by atoms with Crippen LogP contribution in [0.5, 0.6) is 5.75 Å². The van der Waals surface area contributed by atoms with Crippen molar-refractivity contribution in [3.05, 3.63) is 24.3 Å². The summed E-state index contributed by atoms with van der Waals surface area (Å²) in [6, 6.07) is 5.73. The zero-order valence-corrected chi connectivity index (χ0v) is 9.16. The van der Waals surface area contributed by atoms with Crippen LogP contribution in [0.15, 0.2) is 24.3 Å². The molecule has 0 radical (unpaired) electrons. The molecule has 0 saturated heterocycles. The molecule has 0 N–H and O–H groups in total. The fourth-order valence-corrected chi connectivity index (χ4v) is 2.40. The molecule has 4 heteroatoms. The van der Waals surface area contributed by atoms with E-state index >= 15 is 0 Å². The summed E-state index contributed by atoms with van der Waals surface area (Å²) in [6.45, 7) is 1.05. The Morgan fingerprint density at radius 1 is 1.38 bits per heavy atom. The summed E-state index contributed by atoms with van der Waals surface area (Å²) in [4.78, 5) is 0. The molecule has 3 nitrogen and oxygen atoms in total. The maximum atomic E-state index is 11.7. The van der Waals surface area contributed by atoms with Crippen molar-refractivity contribution in [2.45, 2.75) is 12.2 Å². The molecule has 0 aromatic heterocycles. The van der Waals surface area contributed by atoms with Crippen LogP contribution in [0.25, 0.3) is 0 Å².